The second kappa shape index (κ2) is 6.24. The molecule has 0 aromatic carbocycles. The van der Waals surface area contributed by atoms with Crippen molar-refractivity contribution in [1.29, 1.82) is 0 Å². The van der Waals surface area contributed by atoms with Crippen LogP contribution in [0, 0.1) is 0 Å². The molecule has 2 N–H and O–H groups in total. The SMILES string of the molecule is C=CCSc1nnc(-c2ccco2)n1CCC(N)=O. The molecule has 0 unspecified atom stereocenters. The van der Waals surface area contributed by atoms with E-state index < -0.39 is 0 Å². The summed E-state index contributed by atoms with van der Waals surface area (Å²) in [5.74, 6) is 1.56. The molecule has 0 atom stereocenters. The van der Waals surface area contributed by atoms with E-state index in [4.69, 9.17) is 10.2 Å². The number of nitrogens with zero attached hydrogens (tertiary/aromatic N) is 3. The van der Waals surface area contributed by atoms with Crippen LogP contribution in [-0.4, -0.2) is 26.4 Å². The second-order valence-electron chi connectivity index (χ2n) is 3.75. The predicted molar refractivity (Wildman–Crippen MR) is 72.5 cm³/mol. The molecule has 2 aromatic rings. The number of amides is 1. The largest absolute Gasteiger partial charge is 0.461 e. The molecule has 0 aliphatic rings. The Hall–Kier alpha value is -2.02. The summed E-state index contributed by atoms with van der Waals surface area (Å²) < 4.78 is 7.15. The molecule has 0 saturated carbocycles. The van der Waals surface area contributed by atoms with E-state index in [-0.39, 0.29) is 12.3 Å². The number of furan rings is 1. The third kappa shape index (κ3) is 3.25. The summed E-state index contributed by atoms with van der Waals surface area (Å²) in [4.78, 5) is 10.9. The summed E-state index contributed by atoms with van der Waals surface area (Å²) in [5, 5.41) is 8.92. The average Bonchev–Trinajstić information content (AvgIpc) is 3.02. The van der Waals surface area contributed by atoms with E-state index in [1.807, 2.05) is 4.57 Å². The summed E-state index contributed by atoms with van der Waals surface area (Å²) in [5.41, 5.74) is 5.19. The lowest BCUT2D eigenvalue weighted by Gasteiger charge is -2.06. The van der Waals surface area contributed by atoms with Crippen molar-refractivity contribution in [3.63, 3.8) is 0 Å². The van der Waals surface area contributed by atoms with Crippen molar-refractivity contribution in [3.8, 4) is 11.6 Å². The van der Waals surface area contributed by atoms with Gasteiger partial charge in [0.1, 0.15) is 0 Å². The molecule has 100 valence electrons. The summed E-state index contributed by atoms with van der Waals surface area (Å²) in [6.45, 7) is 4.09. The molecule has 1 amide bonds. The summed E-state index contributed by atoms with van der Waals surface area (Å²) in [6.07, 6.45) is 3.58. The van der Waals surface area contributed by atoms with Gasteiger partial charge in [-0.2, -0.15) is 0 Å². The number of hydrogen-bond donors (Lipinski definition) is 1. The van der Waals surface area contributed by atoms with Crippen molar-refractivity contribution < 1.29 is 9.21 Å². The van der Waals surface area contributed by atoms with Gasteiger partial charge in [-0.05, 0) is 12.1 Å². The highest BCUT2D eigenvalue weighted by atomic mass is 32.2. The van der Waals surface area contributed by atoms with E-state index in [9.17, 15) is 4.79 Å². The normalized spacial score (nSPS) is 10.5. The molecular formula is C12H14N4O2S. The number of aromatic nitrogens is 3. The van der Waals surface area contributed by atoms with Crippen LogP contribution in [0.3, 0.4) is 0 Å². The van der Waals surface area contributed by atoms with Crippen LogP contribution in [0.25, 0.3) is 11.6 Å². The molecule has 2 aromatic heterocycles. The van der Waals surface area contributed by atoms with Gasteiger partial charge in [-0.1, -0.05) is 17.8 Å². The Morgan fingerprint density at radius 2 is 2.42 bits per heavy atom. The minimum Gasteiger partial charge on any atom is -0.461 e. The van der Waals surface area contributed by atoms with E-state index in [2.05, 4.69) is 16.8 Å². The summed E-state index contributed by atoms with van der Waals surface area (Å²) in [6, 6.07) is 3.58. The molecule has 2 heterocycles. The fourth-order valence-electron chi connectivity index (χ4n) is 1.54. The first-order valence-corrected chi connectivity index (χ1v) is 6.70. The van der Waals surface area contributed by atoms with E-state index in [1.54, 1.807) is 24.5 Å². The number of rotatable bonds is 7. The van der Waals surface area contributed by atoms with Gasteiger partial charge in [-0.25, -0.2) is 0 Å². The number of carbonyl (C=O) groups is 1. The fourth-order valence-corrected chi connectivity index (χ4v) is 2.24. The Morgan fingerprint density at radius 3 is 3.05 bits per heavy atom. The lowest BCUT2D eigenvalue weighted by molar-refractivity contribution is -0.118. The first kappa shape index (κ1) is 13.4. The second-order valence-corrected chi connectivity index (χ2v) is 4.74. The van der Waals surface area contributed by atoms with Gasteiger partial charge in [0.15, 0.2) is 16.7 Å². The Bertz CT molecular complexity index is 562. The molecule has 0 fully saturated rings. The zero-order valence-corrected chi connectivity index (χ0v) is 11.1. The van der Waals surface area contributed by atoms with Crippen LogP contribution in [0.5, 0.6) is 0 Å². The maximum atomic E-state index is 10.9. The molecule has 2 rings (SSSR count). The molecular weight excluding hydrogens is 264 g/mol. The van der Waals surface area contributed by atoms with Crippen molar-refractivity contribution in [2.24, 2.45) is 5.73 Å². The number of primary amides is 1. The van der Waals surface area contributed by atoms with Crippen molar-refractivity contribution >= 4 is 17.7 Å². The zero-order chi connectivity index (χ0) is 13.7. The van der Waals surface area contributed by atoms with Gasteiger partial charge in [0.2, 0.25) is 5.91 Å². The van der Waals surface area contributed by atoms with E-state index in [1.165, 1.54) is 11.8 Å². The van der Waals surface area contributed by atoms with Gasteiger partial charge in [0, 0.05) is 18.7 Å². The summed E-state index contributed by atoms with van der Waals surface area (Å²) >= 11 is 1.49. The van der Waals surface area contributed by atoms with Crippen LogP contribution in [0.1, 0.15) is 6.42 Å². The van der Waals surface area contributed by atoms with Crippen LogP contribution in [-0.2, 0) is 11.3 Å². The van der Waals surface area contributed by atoms with Gasteiger partial charge in [0.05, 0.1) is 6.26 Å². The first-order chi connectivity index (χ1) is 9.22. The highest BCUT2D eigenvalue weighted by molar-refractivity contribution is 7.99. The molecule has 0 bridgehead atoms. The van der Waals surface area contributed by atoms with Crippen molar-refractivity contribution in [1.82, 2.24) is 14.8 Å². The monoisotopic (exact) mass is 278 g/mol. The molecule has 0 spiro atoms. The Balaban J connectivity index is 2.29. The maximum absolute atomic E-state index is 10.9. The lowest BCUT2D eigenvalue weighted by Crippen LogP contribution is -2.15. The minimum atomic E-state index is -0.362. The number of carbonyl (C=O) groups excluding carboxylic acids is 1. The number of thioether (sulfide) groups is 1. The number of hydrogen-bond acceptors (Lipinski definition) is 5. The molecule has 0 aliphatic heterocycles. The highest BCUT2D eigenvalue weighted by Gasteiger charge is 2.16. The van der Waals surface area contributed by atoms with Crippen molar-refractivity contribution in [2.45, 2.75) is 18.1 Å². The van der Waals surface area contributed by atoms with Gasteiger partial charge < -0.3 is 10.2 Å². The van der Waals surface area contributed by atoms with Gasteiger partial charge in [-0.3, -0.25) is 9.36 Å². The molecule has 6 nitrogen and oxygen atoms in total. The topological polar surface area (TPSA) is 86.9 Å². The van der Waals surface area contributed by atoms with Gasteiger partial charge in [-0.15, -0.1) is 16.8 Å². The van der Waals surface area contributed by atoms with E-state index in [0.29, 0.717) is 29.0 Å². The fraction of sp³-hybridized carbons (Fsp3) is 0.250. The van der Waals surface area contributed by atoms with Crippen LogP contribution in [0.2, 0.25) is 0 Å². The Morgan fingerprint density at radius 1 is 1.58 bits per heavy atom. The lowest BCUT2D eigenvalue weighted by atomic mass is 10.3. The molecule has 0 saturated heterocycles. The Labute approximate surface area is 114 Å². The van der Waals surface area contributed by atoms with Crippen LogP contribution >= 0.6 is 11.8 Å². The van der Waals surface area contributed by atoms with Gasteiger partial charge in [0.25, 0.3) is 0 Å². The first-order valence-electron chi connectivity index (χ1n) is 5.71. The van der Waals surface area contributed by atoms with E-state index >= 15 is 0 Å². The minimum absolute atomic E-state index is 0.230. The molecule has 7 heteroatoms. The predicted octanol–water partition coefficient (Wildman–Crippen LogP) is 1.69. The number of nitrogens with two attached hydrogens (primary N) is 1. The van der Waals surface area contributed by atoms with Crippen LogP contribution < -0.4 is 5.73 Å². The quantitative estimate of drug-likeness (QED) is 0.615. The van der Waals surface area contributed by atoms with Crippen molar-refractivity contribution in [3.05, 3.63) is 31.1 Å². The van der Waals surface area contributed by atoms with Crippen molar-refractivity contribution in [2.75, 3.05) is 5.75 Å². The highest BCUT2D eigenvalue weighted by Crippen LogP contribution is 2.24. The maximum Gasteiger partial charge on any atom is 0.219 e. The van der Waals surface area contributed by atoms with E-state index in [0.717, 1.165) is 0 Å². The smallest absolute Gasteiger partial charge is 0.219 e. The standard InChI is InChI=1S/C12H14N4O2S/c1-2-8-19-12-15-14-11(9-4-3-7-18-9)16(12)6-5-10(13)17/h2-4,7H,1,5-6,8H2,(H2,13,17). The van der Waals surface area contributed by atoms with Crippen LogP contribution in [0.4, 0.5) is 0 Å². The third-order valence-electron chi connectivity index (χ3n) is 2.37. The van der Waals surface area contributed by atoms with Crippen LogP contribution in [0.15, 0.2) is 40.6 Å². The molecule has 0 radical (unpaired) electrons. The molecule has 19 heavy (non-hydrogen) atoms. The van der Waals surface area contributed by atoms with Gasteiger partial charge >= 0.3 is 0 Å². The summed E-state index contributed by atoms with van der Waals surface area (Å²) in [7, 11) is 0. The molecule has 0 aliphatic carbocycles. The average molecular weight is 278 g/mol. The third-order valence-corrected chi connectivity index (χ3v) is 3.33. The zero-order valence-electron chi connectivity index (χ0n) is 10.3. The Kier molecular flexibility index (Phi) is 4.40.